The fourth-order valence-electron chi connectivity index (χ4n) is 6.76. The van der Waals surface area contributed by atoms with Crippen molar-refractivity contribution in [1.82, 2.24) is 19.8 Å². The van der Waals surface area contributed by atoms with Crippen molar-refractivity contribution >= 4 is 33.8 Å². The highest BCUT2D eigenvalue weighted by Gasteiger charge is 2.62. The first-order valence-corrected chi connectivity index (χ1v) is 16.9. The molecule has 0 radical (unpaired) electrons. The molecule has 3 fully saturated rings. The number of sulfonamides is 1. The molecule has 2 heterocycles. The third kappa shape index (κ3) is 6.16. The second-order valence-corrected chi connectivity index (χ2v) is 14.7. The number of carbonyl (C=O) groups excluding carboxylic acids is 4. The molecule has 5 atom stereocenters. The topological polar surface area (TPSA) is 142 Å². The van der Waals surface area contributed by atoms with Crippen molar-refractivity contribution in [2.45, 2.75) is 81.2 Å². The van der Waals surface area contributed by atoms with E-state index in [1.165, 1.54) is 5.56 Å². The summed E-state index contributed by atoms with van der Waals surface area (Å²) < 4.78 is 33.3. The quantitative estimate of drug-likeness (QED) is 0.497. The summed E-state index contributed by atoms with van der Waals surface area (Å²) in [6.45, 7) is 1.50. The first-order valence-electron chi connectivity index (χ1n) is 15.4. The van der Waals surface area contributed by atoms with E-state index in [1.54, 1.807) is 16.8 Å². The van der Waals surface area contributed by atoms with Gasteiger partial charge >= 0.3 is 6.09 Å². The lowest BCUT2D eigenvalue weighted by Crippen LogP contribution is -2.54. The first-order chi connectivity index (χ1) is 20.6. The number of fused-ring (bicyclic) bond motifs is 3. The number of ether oxygens (including phenoxy) is 1. The van der Waals surface area contributed by atoms with Crippen molar-refractivity contribution in [3.05, 3.63) is 47.5 Å². The summed E-state index contributed by atoms with van der Waals surface area (Å²) >= 11 is 0. The average molecular weight is 613 g/mol. The Morgan fingerprint density at radius 1 is 1.05 bits per heavy atom. The van der Waals surface area contributed by atoms with Crippen molar-refractivity contribution in [2.75, 3.05) is 20.1 Å². The zero-order valence-electron chi connectivity index (χ0n) is 24.5. The van der Waals surface area contributed by atoms with Gasteiger partial charge in [-0.2, -0.15) is 0 Å². The fraction of sp³-hybridized carbons (Fsp3) is 0.613. The first kappa shape index (κ1) is 29.7. The molecule has 232 valence electrons. The smallest absolute Gasteiger partial charge is 0.410 e. The third-order valence-electron chi connectivity index (χ3n) is 9.65. The maximum absolute atomic E-state index is 13.9. The molecule has 11 nitrogen and oxygen atoms in total. The molecule has 1 aromatic rings. The summed E-state index contributed by atoms with van der Waals surface area (Å²) in [5, 5.41) is 2.29. The molecule has 1 aromatic carbocycles. The Hall–Kier alpha value is -3.41. The number of hydrogen-bond acceptors (Lipinski definition) is 7. The predicted molar refractivity (Wildman–Crippen MR) is 157 cm³/mol. The summed E-state index contributed by atoms with van der Waals surface area (Å²) in [5.74, 6) is -3.32. The van der Waals surface area contributed by atoms with Crippen LogP contribution >= 0.6 is 0 Å². The lowest BCUT2D eigenvalue weighted by atomic mass is 9.93. The Morgan fingerprint density at radius 2 is 1.79 bits per heavy atom. The Labute approximate surface area is 252 Å². The largest absolute Gasteiger partial charge is 0.446 e. The number of nitrogens with zero attached hydrogens (tertiary/aromatic N) is 2. The summed E-state index contributed by atoms with van der Waals surface area (Å²) in [4.78, 5) is 57.3. The molecule has 5 aliphatic rings. The van der Waals surface area contributed by atoms with Gasteiger partial charge in [0.2, 0.25) is 21.8 Å². The van der Waals surface area contributed by atoms with Gasteiger partial charge in [-0.1, -0.05) is 36.4 Å². The molecular formula is C31H40N4O7S. The van der Waals surface area contributed by atoms with Gasteiger partial charge in [-0.05, 0) is 68.9 Å². The highest BCUT2D eigenvalue weighted by atomic mass is 32.2. The average Bonchev–Trinajstić information content (AvgIpc) is 3.91. The second-order valence-electron chi connectivity index (χ2n) is 12.8. The van der Waals surface area contributed by atoms with Gasteiger partial charge in [0.05, 0.1) is 17.1 Å². The van der Waals surface area contributed by atoms with E-state index < -0.39 is 56.7 Å². The lowest BCUT2D eigenvalue weighted by Gasteiger charge is -2.29. The third-order valence-corrected chi connectivity index (χ3v) is 11.5. The number of benzene rings is 1. The summed E-state index contributed by atoms with van der Waals surface area (Å²) in [6, 6.07) is 7.97. The Balaban J connectivity index is 1.19. The van der Waals surface area contributed by atoms with Gasteiger partial charge in [0.25, 0.3) is 5.91 Å². The van der Waals surface area contributed by atoms with Crippen molar-refractivity contribution in [3.8, 4) is 0 Å². The summed E-state index contributed by atoms with van der Waals surface area (Å²) in [5.41, 5.74) is 0.884. The van der Waals surface area contributed by atoms with Crippen LogP contribution in [0.25, 0.3) is 0 Å². The normalized spacial score (nSPS) is 31.9. The minimum Gasteiger partial charge on any atom is -0.446 e. The van der Waals surface area contributed by atoms with E-state index >= 15 is 0 Å². The van der Waals surface area contributed by atoms with Crippen LogP contribution < -0.4 is 10.0 Å². The summed E-state index contributed by atoms with van der Waals surface area (Å²) in [6.07, 6.45) is 7.47. The van der Waals surface area contributed by atoms with Gasteiger partial charge in [-0.25, -0.2) is 13.2 Å². The van der Waals surface area contributed by atoms with E-state index in [9.17, 15) is 27.6 Å². The van der Waals surface area contributed by atoms with Crippen LogP contribution in [0.15, 0.2) is 36.4 Å². The van der Waals surface area contributed by atoms with Gasteiger partial charge in [-0.3, -0.25) is 19.1 Å². The van der Waals surface area contributed by atoms with Crippen molar-refractivity contribution in [1.29, 1.82) is 0 Å². The van der Waals surface area contributed by atoms with Crippen LogP contribution in [-0.2, 0) is 42.1 Å². The maximum atomic E-state index is 13.9. The second kappa shape index (κ2) is 11.6. The Bertz CT molecular complexity index is 1440. The van der Waals surface area contributed by atoms with Crippen LogP contribution in [0.2, 0.25) is 0 Å². The molecule has 2 aliphatic heterocycles. The van der Waals surface area contributed by atoms with Gasteiger partial charge in [0.1, 0.15) is 11.6 Å². The predicted octanol–water partition coefficient (Wildman–Crippen LogP) is 2.26. The Kier molecular flexibility index (Phi) is 7.99. The van der Waals surface area contributed by atoms with Crippen LogP contribution in [0, 0.1) is 17.8 Å². The molecule has 3 saturated carbocycles. The molecule has 43 heavy (non-hydrogen) atoms. The zero-order chi connectivity index (χ0) is 30.4. The van der Waals surface area contributed by atoms with Gasteiger partial charge in [0.15, 0.2) is 0 Å². The molecule has 12 heteroatoms. The molecule has 3 aliphatic carbocycles. The van der Waals surface area contributed by atoms with Crippen LogP contribution in [0.5, 0.6) is 0 Å². The molecule has 2 N–H and O–H groups in total. The number of hydrogen-bond donors (Lipinski definition) is 2. The number of allylic oxidation sites excluding steroid dienone is 1. The van der Waals surface area contributed by atoms with Crippen LogP contribution in [0.4, 0.5) is 4.79 Å². The SMILES string of the molecule is CN1CCCC/C=C\[C@@H]2C[C@@]2(C(=O)NS(=O)(=O)C2CC2)NC(=O)[C@@H]2C[C@@H](OC(=O)N3CCc4ccccc4C3)C[C@H]2C1=O. The van der Waals surface area contributed by atoms with E-state index in [-0.39, 0.29) is 31.1 Å². The standard InChI is InChI=1S/C31H40N4O7S/c1-34-14-7-3-2-4-10-22-18-31(22,29(38)33-43(40,41)24-11-12-24)32-27(36)25-16-23(17-26(25)28(34)37)42-30(39)35-15-13-20-8-5-6-9-21(20)19-35/h4-6,8-10,22-26H,2-3,7,11-19H2,1H3,(H,32,36)(H,33,38)/b10-4-/t22-,23-,25-,26-,31-/m1/s1. The van der Waals surface area contributed by atoms with E-state index in [1.807, 2.05) is 30.4 Å². The fourth-order valence-corrected chi connectivity index (χ4v) is 8.12. The van der Waals surface area contributed by atoms with Crippen molar-refractivity contribution in [3.63, 3.8) is 0 Å². The molecule has 0 saturated heterocycles. The molecular weight excluding hydrogens is 572 g/mol. The van der Waals surface area contributed by atoms with Crippen LogP contribution in [-0.4, -0.2) is 79.1 Å². The highest BCUT2D eigenvalue weighted by Crippen LogP contribution is 2.47. The van der Waals surface area contributed by atoms with Gasteiger partial charge in [-0.15, -0.1) is 0 Å². The monoisotopic (exact) mass is 612 g/mol. The van der Waals surface area contributed by atoms with Crippen molar-refractivity contribution in [2.24, 2.45) is 17.8 Å². The van der Waals surface area contributed by atoms with Crippen molar-refractivity contribution < 1.29 is 32.3 Å². The Morgan fingerprint density at radius 3 is 2.56 bits per heavy atom. The van der Waals surface area contributed by atoms with E-state index in [0.29, 0.717) is 32.5 Å². The minimum atomic E-state index is -3.81. The molecule has 0 spiro atoms. The molecule has 6 rings (SSSR count). The minimum absolute atomic E-state index is 0.144. The maximum Gasteiger partial charge on any atom is 0.410 e. The molecule has 0 unspecified atom stereocenters. The van der Waals surface area contributed by atoms with Crippen LogP contribution in [0.1, 0.15) is 62.5 Å². The number of amides is 4. The highest BCUT2D eigenvalue weighted by molar-refractivity contribution is 7.91. The molecule has 4 amide bonds. The number of nitrogens with one attached hydrogen (secondary N) is 2. The van der Waals surface area contributed by atoms with E-state index in [0.717, 1.165) is 31.2 Å². The van der Waals surface area contributed by atoms with E-state index in [4.69, 9.17) is 4.74 Å². The van der Waals surface area contributed by atoms with Gasteiger partial charge in [0, 0.05) is 32.6 Å². The lowest BCUT2D eigenvalue weighted by molar-refractivity contribution is -0.140. The number of rotatable bonds is 4. The van der Waals surface area contributed by atoms with Crippen LogP contribution in [0.3, 0.4) is 0 Å². The molecule has 0 aromatic heterocycles. The molecule has 0 bridgehead atoms. The number of carbonyl (C=O) groups is 4. The van der Waals surface area contributed by atoms with Gasteiger partial charge < -0.3 is 19.9 Å². The zero-order valence-corrected chi connectivity index (χ0v) is 25.3. The summed E-state index contributed by atoms with van der Waals surface area (Å²) in [7, 11) is -2.09. The van der Waals surface area contributed by atoms with E-state index in [2.05, 4.69) is 16.1 Å².